The minimum Gasteiger partial charge on any atom is -0.462 e. The fourth-order valence-corrected chi connectivity index (χ4v) is 6.38. The Morgan fingerprint density at radius 1 is 0.545 bits per heavy atom. The molecule has 0 saturated heterocycles. The number of phosphoric acid groups is 1. The van der Waals surface area contributed by atoms with Gasteiger partial charge in [-0.15, -0.1) is 0 Å². The van der Waals surface area contributed by atoms with Crippen LogP contribution in [0, 0.1) is 0 Å². The Hall–Kier alpha value is -2.29. The number of phosphoric ester groups is 1. The van der Waals surface area contributed by atoms with Crippen molar-refractivity contribution in [2.45, 2.75) is 187 Å². The van der Waals surface area contributed by atoms with Gasteiger partial charge in [-0.1, -0.05) is 145 Å². The third-order valence-electron chi connectivity index (χ3n) is 8.88. The largest absolute Gasteiger partial charge is 0.472 e. The number of allylic oxidation sites excluding steroid dienone is 10. The second-order valence-electron chi connectivity index (χ2n) is 14.2. The third kappa shape index (κ3) is 41.2. The van der Waals surface area contributed by atoms with Crippen molar-refractivity contribution in [2.24, 2.45) is 5.73 Å². The van der Waals surface area contributed by atoms with Gasteiger partial charge >= 0.3 is 19.8 Å². The maximum Gasteiger partial charge on any atom is 0.472 e. The van der Waals surface area contributed by atoms with Gasteiger partial charge in [0, 0.05) is 19.4 Å². The summed E-state index contributed by atoms with van der Waals surface area (Å²) in [6, 6.07) is 0. The van der Waals surface area contributed by atoms with E-state index in [9.17, 15) is 19.0 Å². The molecule has 0 aromatic rings. The minimum atomic E-state index is -4.39. The number of rotatable bonds is 40. The van der Waals surface area contributed by atoms with E-state index in [1.807, 2.05) is 0 Å². The highest BCUT2D eigenvalue weighted by Crippen LogP contribution is 2.43. The second kappa shape index (κ2) is 41.3. The zero-order valence-electron chi connectivity index (χ0n) is 34.9. The number of hydrogen-bond donors (Lipinski definition) is 2. The highest BCUT2D eigenvalue weighted by atomic mass is 31.2. The van der Waals surface area contributed by atoms with Crippen molar-refractivity contribution in [3.05, 3.63) is 60.8 Å². The maximum absolute atomic E-state index is 12.6. The van der Waals surface area contributed by atoms with Crippen LogP contribution in [-0.4, -0.2) is 49.3 Å². The summed E-state index contributed by atoms with van der Waals surface area (Å²) in [7, 11) is -4.39. The fraction of sp³-hybridized carbons (Fsp3) is 0.733. The van der Waals surface area contributed by atoms with E-state index < -0.39 is 32.5 Å². The van der Waals surface area contributed by atoms with Crippen molar-refractivity contribution in [1.29, 1.82) is 0 Å². The first-order valence-corrected chi connectivity index (χ1v) is 23.3. The Bertz CT molecular complexity index is 1090. The molecule has 0 fully saturated rings. The molecular formula is C45H80NO8P. The van der Waals surface area contributed by atoms with Gasteiger partial charge in [0.05, 0.1) is 13.2 Å². The molecule has 0 aliphatic rings. The lowest BCUT2D eigenvalue weighted by atomic mass is 10.1. The summed E-state index contributed by atoms with van der Waals surface area (Å²) >= 11 is 0. The van der Waals surface area contributed by atoms with Crippen LogP contribution in [0.2, 0.25) is 0 Å². The second-order valence-corrected chi connectivity index (χ2v) is 15.7. The number of nitrogens with two attached hydrogens (primary N) is 1. The standard InChI is InChI=1S/C45H80NO8P/c1-3-5-7-9-11-13-15-17-19-20-21-22-24-25-27-29-31-33-35-37-44(47)51-41-43(42-53-55(49,50)52-40-39-46)54-45(48)38-36-34-32-30-28-26-23-18-16-14-12-10-8-6-4-2/h11,13-14,16-17,19,21-22,25,27,43H,3-10,12,15,18,20,23-24,26,28-42,46H2,1-2H3,(H,49,50). The van der Waals surface area contributed by atoms with Gasteiger partial charge in [-0.2, -0.15) is 0 Å². The Morgan fingerprint density at radius 2 is 0.945 bits per heavy atom. The molecule has 0 rings (SSSR count). The van der Waals surface area contributed by atoms with Crippen LogP contribution in [0.4, 0.5) is 0 Å². The molecule has 55 heavy (non-hydrogen) atoms. The molecule has 10 heteroatoms. The molecule has 0 aromatic heterocycles. The zero-order chi connectivity index (χ0) is 40.3. The predicted molar refractivity (Wildman–Crippen MR) is 229 cm³/mol. The molecule has 0 saturated carbocycles. The van der Waals surface area contributed by atoms with Crippen molar-refractivity contribution < 1.29 is 37.6 Å². The summed E-state index contributed by atoms with van der Waals surface area (Å²) in [6.07, 6.45) is 48.2. The molecule has 9 nitrogen and oxygen atoms in total. The molecule has 0 aromatic carbocycles. The number of hydrogen-bond acceptors (Lipinski definition) is 8. The molecule has 0 aliphatic heterocycles. The van der Waals surface area contributed by atoms with Crippen molar-refractivity contribution in [2.75, 3.05) is 26.4 Å². The quantitative estimate of drug-likeness (QED) is 0.0269. The van der Waals surface area contributed by atoms with Crippen LogP contribution < -0.4 is 5.73 Å². The molecule has 2 unspecified atom stereocenters. The summed E-state index contributed by atoms with van der Waals surface area (Å²) in [5.74, 6) is -0.873. The summed E-state index contributed by atoms with van der Waals surface area (Å²) in [6.45, 7) is 3.64. The SMILES string of the molecule is CCCCCC=CCC=CCC=CCC=CCCCCCC(=O)OCC(COP(=O)(O)OCCN)OC(=O)CCCCCCCCCC=CCCCCCC. The molecule has 0 bridgehead atoms. The average molecular weight is 794 g/mol. The van der Waals surface area contributed by atoms with Crippen LogP contribution in [0.15, 0.2) is 60.8 Å². The molecule has 3 N–H and O–H groups in total. The molecule has 2 atom stereocenters. The van der Waals surface area contributed by atoms with Gasteiger partial charge < -0.3 is 20.1 Å². The van der Waals surface area contributed by atoms with E-state index in [0.29, 0.717) is 12.8 Å². The molecule has 0 amide bonds. The van der Waals surface area contributed by atoms with Crippen molar-refractivity contribution >= 4 is 19.8 Å². The smallest absolute Gasteiger partial charge is 0.462 e. The van der Waals surface area contributed by atoms with Gasteiger partial charge in [-0.25, -0.2) is 4.57 Å². The first-order chi connectivity index (χ1) is 26.8. The number of carbonyl (C=O) groups excluding carboxylic acids is 2. The lowest BCUT2D eigenvalue weighted by molar-refractivity contribution is -0.161. The van der Waals surface area contributed by atoms with Gasteiger partial charge in [0.25, 0.3) is 0 Å². The first kappa shape index (κ1) is 52.7. The average Bonchev–Trinajstić information content (AvgIpc) is 3.17. The van der Waals surface area contributed by atoms with E-state index in [0.717, 1.165) is 64.2 Å². The zero-order valence-corrected chi connectivity index (χ0v) is 35.8. The van der Waals surface area contributed by atoms with Crippen LogP contribution >= 0.6 is 7.82 Å². The monoisotopic (exact) mass is 794 g/mol. The van der Waals surface area contributed by atoms with E-state index in [1.165, 1.54) is 77.0 Å². The predicted octanol–water partition coefficient (Wildman–Crippen LogP) is 12.5. The number of carbonyl (C=O) groups is 2. The topological polar surface area (TPSA) is 134 Å². The van der Waals surface area contributed by atoms with E-state index in [1.54, 1.807) is 0 Å². The highest BCUT2D eigenvalue weighted by molar-refractivity contribution is 7.47. The van der Waals surface area contributed by atoms with Gasteiger partial charge in [0.2, 0.25) is 0 Å². The maximum atomic E-state index is 12.6. The van der Waals surface area contributed by atoms with Crippen LogP contribution in [0.5, 0.6) is 0 Å². The Morgan fingerprint density at radius 3 is 1.47 bits per heavy atom. The molecule has 0 radical (unpaired) electrons. The first-order valence-electron chi connectivity index (χ1n) is 21.8. The molecule has 0 heterocycles. The summed E-state index contributed by atoms with van der Waals surface area (Å²) in [5.41, 5.74) is 5.34. The Kier molecular flexibility index (Phi) is 39.6. The van der Waals surface area contributed by atoms with E-state index in [-0.39, 0.29) is 32.6 Å². The molecule has 0 spiro atoms. The number of unbranched alkanes of at least 4 members (excludes halogenated alkanes) is 17. The van der Waals surface area contributed by atoms with Crippen LogP contribution in [0.1, 0.15) is 181 Å². The van der Waals surface area contributed by atoms with E-state index in [4.69, 9.17) is 24.3 Å². The van der Waals surface area contributed by atoms with Crippen molar-refractivity contribution in [3.8, 4) is 0 Å². The van der Waals surface area contributed by atoms with Crippen molar-refractivity contribution in [1.82, 2.24) is 0 Å². The Balaban J connectivity index is 4.23. The number of esters is 2. The van der Waals surface area contributed by atoms with Gasteiger partial charge in [0.1, 0.15) is 6.61 Å². The third-order valence-corrected chi connectivity index (χ3v) is 9.86. The normalized spacial score (nSPS) is 13.9. The number of ether oxygens (including phenoxy) is 2. The summed E-state index contributed by atoms with van der Waals surface area (Å²) < 4.78 is 32.7. The Labute approximate surface area is 336 Å². The van der Waals surface area contributed by atoms with E-state index >= 15 is 0 Å². The van der Waals surface area contributed by atoms with Gasteiger partial charge in [0.15, 0.2) is 6.10 Å². The van der Waals surface area contributed by atoms with Crippen molar-refractivity contribution in [3.63, 3.8) is 0 Å². The lowest BCUT2D eigenvalue weighted by Crippen LogP contribution is -2.29. The molecular weight excluding hydrogens is 713 g/mol. The van der Waals surface area contributed by atoms with Crippen LogP contribution in [0.3, 0.4) is 0 Å². The van der Waals surface area contributed by atoms with E-state index in [2.05, 4.69) is 74.6 Å². The summed E-state index contributed by atoms with van der Waals surface area (Å²) in [5, 5.41) is 0. The highest BCUT2D eigenvalue weighted by Gasteiger charge is 2.26. The van der Waals surface area contributed by atoms with Crippen LogP contribution in [-0.2, 0) is 32.7 Å². The minimum absolute atomic E-state index is 0.0457. The van der Waals surface area contributed by atoms with Crippen LogP contribution in [0.25, 0.3) is 0 Å². The molecule has 318 valence electrons. The molecule has 0 aliphatic carbocycles. The summed E-state index contributed by atoms with van der Waals surface area (Å²) in [4.78, 5) is 34.9. The fourth-order valence-electron chi connectivity index (χ4n) is 5.61. The van der Waals surface area contributed by atoms with Gasteiger partial charge in [-0.05, 0) is 83.5 Å². The lowest BCUT2D eigenvalue weighted by Gasteiger charge is -2.19. The van der Waals surface area contributed by atoms with Gasteiger partial charge in [-0.3, -0.25) is 18.6 Å².